The first-order valence-electron chi connectivity index (χ1n) is 23.8. The Morgan fingerprint density at radius 2 is 0.984 bits per heavy atom. The van der Waals surface area contributed by atoms with Gasteiger partial charge in [-0.3, -0.25) is 28.8 Å². The summed E-state index contributed by atoms with van der Waals surface area (Å²) in [5, 5.41) is 33.5. The van der Waals surface area contributed by atoms with Crippen LogP contribution in [0.2, 0.25) is 0 Å². The molecule has 0 aliphatic carbocycles. The first-order valence-corrected chi connectivity index (χ1v) is 23.8. The summed E-state index contributed by atoms with van der Waals surface area (Å²) in [5.41, 5.74) is 0. The van der Waals surface area contributed by atoms with E-state index in [1.54, 1.807) is 0 Å². The second-order valence-corrected chi connectivity index (χ2v) is 16.9. The molecule has 0 fully saturated rings. The van der Waals surface area contributed by atoms with E-state index in [1.807, 2.05) is 0 Å². The second kappa shape index (κ2) is 37.6. The molecule has 0 aliphatic rings. The Hall–Kier alpha value is -4.77. The number of esters is 1. The Morgan fingerprint density at radius 3 is 1.47 bits per heavy atom. The summed E-state index contributed by atoms with van der Waals surface area (Å²) in [4.78, 5) is 110. The van der Waals surface area contributed by atoms with Crippen LogP contribution in [0.4, 0.5) is 0 Å². The maximum atomic E-state index is 13.1. The zero-order valence-corrected chi connectivity index (χ0v) is 39.5. The first-order chi connectivity index (χ1) is 30.5. The van der Waals surface area contributed by atoms with E-state index in [4.69, 9.17) is 9.84 Å². The van der Waals surface area contributed by atoms with E-state index >= 15 is 0 Å². The quantitative estimate of drug-likeness (QED) is 0.0295. The number of carboxylic acids is 2. The summed E-state index contributed by atoms with van der Waals surface area (Å²) in [7, 11) is 0. The van der Waals surface area contributed by atoms with E-state index in [9.17, 15) is 48.3 Å². The lowest BCUT2D eigenvalue weighted by molar-refractivity contribution is -0.164. The van der Waals surface area contributed by atoms with Crippen LogP contribution in [0, 0.1) is 0 Å². The summed E-state index contributed by atoms with van der Waals surface area (Å²) in [5.74, 6) is -7.39. The largest absolute Gasteiger partial charge is 0.480 e. The van der Waals surface area contributed by atoms with Crippen molar-refractivity contribution >= 4 is 53.4 Å². The van der Waals surface area contributed by atoms with Gasteiger partial charge in [-0.15, -0.1) is 0 Å². The number of hydrogen-bond donors (Lipinski definition) is 8. The van der Waals surface area contributed by atoms with Crippen molar-refractivity contribution in [2.45, 2.75) is 225 Å². The molecule has 18 nitrogen and oxygen atoms in total. The van der Waals surface area contributed by atoms with Gasteiger partial charge >= 0.3 is 17.9 Å². The highest BCUT2D eigenvalue weighted by Gasteiger charge is 2.29. The predicted octanol–water partition coefficient (Wildman–Crippen LogP) is 5.09. The molecule has 5 atom stereocenters. The van der Waals surface area contributed by atoms with Crippen LogP contribution in [-0.4, -0.2) is 107 Å². The molecule has 368 valence electrons. The summed E-state index contributed by atoms with van der Waals surface area (Å²) >= 11 is 0. The number of unbranched alkanes of at least 4 members (excludes halogenated alkanes) is 19. The van der Waals surface area contributed by atoms with Gasteiger partial charge in [-0.2, -0.15) is 0 Å². The van der Waals surface area contributed by atoms with E-state index in [0.717, 1.165) is 26.2 Å². The van der Waals surface area contributed by atoms with E-state index in [0.29, 0.717) is 25.8 Å². The normalized spacial score (nSPS) is 13.3. The molecular weight excluding hydrogens is 829 g/mol. The van der Waals surface area contributed by atoms with Crippen molar-refractivity contribution in [3.05, 3.63) is 0 Å². The third-order valence-electron chi connectivity index (χ3n) is 10.8. The van der Waals surface area contributed by atoms with E-state index < -0.39 is 78.2 Å². The number of hydrogen-bond acceptors (Lipinski definition) is 10. The summed E-state index contributed by atoms with van der Waals surface area (Å²) in [6.07, 6.45) is 22.7. The second-order valence-electron chi connectivity index (χ2n) is 16.9. The Labute approximate surface area is 381 Å². The van der Waals surface area contributed by atoms with Gasteiger partial charge in [-0.1, -0.05) is 122 Å². The Kier molecular flexibility index (Phi) is 34.8. The smallest absolute Gasteiger partial charge is 0.344 e. The van der Waals surface area contributed by atoms with Crippen molar-refractivity contribution < 1.29 is 58.1 Å². The maximum Gasteiger partial charge on any atom is 0.344 e. The zero-order chi connectivity index (χ0) is 48.1. The van der Waals surface area contributed by atoms with E-state index in [2.05, 4.69) is 38.8 Å². The average Bonchev–Trinajstić information content (AvgIpc) is 3.23. The van der Waals surface area contributed by atoms with Gasteiger partial charge in [0, 0.05) is 26.3 Å². The molecule has 0 saturated heterocycles. The Balaban J connectivity index is 4.53. The van der Waals surface area contributed by atoms with Gasteiger partial charge in [0.1, 0.15) is 24.2 Å². The first kappa shape index (κ1) is 59.2. The summed E-state index contributed by atoms with van der Waals surface area (Å²) < 4.78 is 4.79. The lowest BCUT2D eigenvalue weighted by Crippen LogP contribution is -2.53. The van der Waals surface area contributed by atoms with Gasteiger partial charge in [-0.25, -0.2) is 14.4 Å². The monoisotopic (exact) mass is 911 g/mol. The topological polar surface area (TPSA) is 275 Å². The van der Waals surface area contributed by atoms with Crippen LogP contribution in [0.3, 0.4) is 0 Å². The lowest BCUT2D eigenvalue weighted by atomic mass is 10.0. The van der Waals surface area contributed by atoms with Crippen molar-refractivity contribution in [2.75, 3.05) is 13.1 Å². The minimum absolute atomic E-state index is 0.0703. The molecule has 0 aromatic carbocycles. The molecule has 64 heavy (non-hydrogen) atoms. The van der Waals surface area contributed by atoms with Crippen LogP contribution in [0.15, 0.2) is 0 Å². The molecule has 0 bridgehead atoms. The van der Waals surface area contributed by atoms with E-state index in [-0.39, 0.29) is 37.6 Å². The molecule has 0 aromatic heterocycles. The number of carboxylic acid groups (broad SMARTS) is 2. The molecule has 8 N–H and O–H groups in total. The third-order valence-corrected chi connectivity index (χ3v) is 10.8. The molecule has 0 heterocycles. The van der Waals surface area contributed by atoms with Gasteiger partial charge in [0.05, 0.1) is 6.54 Å². The highest BCUT2D eigenvalue weighted by molar-refractivity contribution is 5.93. The fourth-order valence-electron chi connectivity index (χ4n) is 6.79. The Morgan fingerprint density at radius 1 is 0.469 bits per heavy atom. The average molecular weight is 911 g/mol. The molecule has 0 radical (unpaired) electrons. The molecule has 6 amide bonds. The minimum Gasteiger partial charge on any atom is -0.480 e. The zero-order valence-electron chi connectivity index (χ0n) is 39.5. The van der Waals surface area contributed by atoms with Crippen LogP contribution in [0.25, 0.3) is 0 Å². The highest BCUT2D eigenvalue weighted by Crippen LogP contribution is 2.15. The molecular formula is C46H82N6O12. The van der Waals surface area contributed by atoms with Crippen LogP contribution < -0.4 is 31.9 Å². The number of aliphatic carboxylic acids is 2. The lowest BCUT2D eigenvalue weighted by Gasteiger charge is -2.22. The molecule has 0 aliphatic heterocycles. The van der Waals surface area contributed by atoms with Gasteiger partial charge in [0.2, 0.25) is 35.4 Å². The predicted molar refractivity (Wildman–Crippen MR) is 243 cm³/mol. The van der Waals surface area contributed by atoms with Crippen molar-refractivity contribution in [3.8, 4) is 0 Å². The molecule has 0 saturated carbocycles. The maximum absolute atomic E-state index is 13.1. The van der Waals surface area contributed by atoms with Crippen LogP contribution >= 0.6 is 0 Å². The number of amides is 6. The Bertz CT molecular complexity index is 1410. The third kappa shape index (κ3) is 32.8. The highest BCUT2D eigenvalue weighted by atomic mass is 16.6. The summed E-state index contributed by atoms with van der Waals surface area (Å²) in [6, 6.07) is -5.17. The number of rotatable bonds is 40. The fourth-order valence-corrected chi connectivity index (χ4v) is 6.79. The van der Waals surface area contributed by atoms with Crippen LogP contribution in [0.1, 0.15) is 195 Å². The number of ether oxygens (including phenoxy) is 1. The molecule has 0 unspecified atom stereocenters. The molecule has 0 aromatic rings. The molecule has 0 spiro atoms. The summed E-state index contributed by atoms with van der Waals surface area (Å²) in [6.45, 7) is 7.30. The van der Waals surface area contributed by atoms with Crippen molar-refractivity contribution in [1.29, 1.82) is 0 Å². The van der Waals surface area contributed by atoms with Crippen molar-refractivity contribution in [1.82, 2.24) is 31.9 Å². The van der Waals surface area contributed by atoms with Gasteiger partial charge < -0.3 is 46.9 Å². The van der Waals surface area contributed by atoms with Crippen LogP contribution in [-0.2, 0) is 47.9 Å². The molecule has 0 rings (SSSR count). The van der Waals surface area contributed by atoms with Crippen LogP contribution in [0.5, 0.6) is 0 Å². The fraction of sp³-hybridized carbons (Fsp3) is 0.804. The number of carbonyl (C=O) groups excluding carboxylic acids is 7. The minimum atomic E-state index is -1.53. The molecule has 18 heteroatoms. The number of nitrogens with one attached hydrogen (secondary N) is 6. The van der Waals surface area contributed by atoms with Gasteiger partial charge in [0.15, 0.2) is 6.10 Å². The van der Waals surface area contributed by atoms with Crippen molar-refractivity contribution in [2.24, 2.45) is 0 Å². The number of carbonyl (C=O) groups is 9. The standard InChI is InChI=1S/C46H82N6O12/c1-6-7-8-9-10-11-12-13-14-15-16-17-18-19-20-21-22-23-24-28-39(54)48-32-41(56)49-33(2)42(57)52-38(45(61)62)29-30-40(55)51-37(27-25-26-31-47-36(5)53)43(58)50-34(3)46(63)64-35(4)44(59)60/h33-35,37-38H,6-32H2,1-5H3,(H,47,53)(H,48,54)(H,49,56)(H,50,58)(H,51,55)(H,52,57)(H,59,60)(H,61,62)/t33-,34+,35+,37-,38+/m0/s1. The van der Waals surface area contributed by atoms with Crippen molar-refractivity contribution in [3.63, 3.8) is 0 Å². The van der Waals surface area contributed by atoms with Gasteiger partial charge in [0.25, 0.3) is 0 Å². The SMILES string of the molecule is CCCCCCCCCCCCCCCCCCCCCC(=O)NCC(=O)N[C@@H](C)C(=O)N[C@H](CCC(=O)N[C@@H](CCCCNC(C)=O)C(=O)N[C@H](C)C(=O)O[C@H](C)C(=O)O)C(=O)O. The van der Waals surface area contributed by atoms with E-state index in [1.165, 1.54) is 117 Å². The van der Waals surface area contributed by atoms with Gasteiger partial charge in [-0.05, 0) is 52.9 Å².